The Morgan fingerprint density at radius 2 is 1.83 bits per heavy atom. The van der Waals surface area contributed by atoms with E-state index in [0.717, 1.165) is 11.1 Å². The van der Waals surface area contributed by atoms with Gasteiger partial charge in [0.05, 0.1) is 13.3 Å². The Kier molecular flexibility index (Phi) is 5.68. The first kappa shape index (κ1) is 17.2. The molecular formula is C18H19N3O3. The number of nitrogens with one attached hydrogen (secondary N) is 2. The molecule has 2 aromatic carbocycles. The lowest BCUT2D eigenvalue weighted by Crippen LogP contribution is -2.32. The van der Waals surface area contributed by atoms with Crippen molar-refractivity contribution in [2.75, 3.05) is 12.4 Å². The Labute approximate surface area is 140 Å². The maximum atomic E-state index is 11.8. The number of amides is 2. The maximum Gasteiger partial charge on any atom is 0.329 e. The number of anilines is 1. The van der Waals surface area contributed by atoms with Gasteiger partial charge in [0, 0.05) is 11.8 Å². The van der Waals surface area contributed by atoms with E-state index in [9.17, 15) is 9.59 Å². The molecule has 0 aliphatic carbocycles. The lowest BCUT2D eigenvalue weighted by atomic mass is 10.1. The van der Waals surface area contributed by atoms with Crippen molar-refractivity contribution in [1.29, 1.82) is 0 Å². The van der Waals surface area contributed by atoms with E-state index in [0.29, 0.717) is 11.4 Å². The van der Waals surface area contributed by atoms with Crippen molar-refractivity contribution in [1.82, 2.24) is 5.43 Å². The highest BCUT2D eigenvalue weighted by atomic mass is 16.5. The molecular weight excluding hydrogens is 306 g/mol. The molecule has 2 N–H and O–H groups in total. The van der Waals surface area contributed by atoms with Gasteiger partial charge >= 0.3 is 11.8 Å². The molecule has 0 heterocycles. The fourth-order valence-electron chi connectivity index (χ4n) is 1.95. The zero-order chi connectivity index (χ0) is 17.5. The van der Waals surface area contributed by atoms with Crippen molar-refractivity contribution in [3.8, 4) is 5.75 Å². The van der Waals surface area contributed by atoms with Crippen molar-refractivity contribution < 1.29 is 14.3 Å². The van der Waals surface area contributed by atoms with Crippen molar-refractivity contribution in [3.63, 3.8) is 0 Å². The van der Waals surface area contributed by atoms with Crippen LogP contribution in [0.25, 0.3) is 0 Å². The Morgan fingerprint density at radius 3 is 2.54 bits per heavy atom. The monoisotopic (exact) mass is 325 g/mol. The topological polar surface area (TPSA) is 79.8 Å². The summed E-state index contributed by atoms with van der Waals surface area (Å²) in [6, 6.07) is 12.5. The highest BCUT2D eigenvalue weighted by Gasteiger charge is 2.13. The summed E-state index contributed by atoms with van der Waals surface area (Å²) < 4.78 is 5.05. The van der Waals surface area contributed by atoms with Crippen molar-refractivity contribution in [2.24, 2.45) is 5.10 Å². The average molecular weight is 325 g/mol. The van der Waals surface area contributed by atoms with Gasteiger partial charge in [0.1, 0.15) is 5.75 Å². The van der Waals surface area contributed by atoms with Crippen molar-refractivity contribution in [3.05, 3.63) is 59.2 Å². The molecule has 0 saturated carbocycles. The van der Waals surface area contributed by atoms with Crippen LogP contribution in [0.4, 0.5) is 5.69 Å². The van der Waals surface area contributed by atoms with Crippen LogP contribution in [0.1, 0.15) is 16.7 Å². The average Bonchev–Trinajstić information content (AvgIpc) is 2.58. The number of rotatable bonds is 4. The van der Waals surface area contributed by atoms with Crippen LogP contribution in [-0.2, 0) is 9.59 Å². The molecule has 124 valence electrons. The van der Waals surface area contributed by atoms with E-state index in [-0.39, 0.29) is 0 Å². The van der Waals surface area contributed by atoms with Crippen LogP contribution in [0.2, 0.25) is 0 Å². The van der Waals surface area contributed by atoms with Gasteiger partial charge in [-0.15, -0.1) is 0 Å². The van der Waals surface area contributed by atoms with Gasteiger partial charge in [0.15, 0.2) is 0 Å². The van der Waals surface area contributed by atoms with Gasteiger partial charge in [-0.3, -0.25) is 9.59 Å². The number of hydrazone groups is 1. The van der Waals surface area contributed by atoms with E-state index in [2.05, 4.69) is 15.8 Å². The molecule has 24 heavy (non-hydrogen) atoms. The molecule has 2 amide bonds. The Balaban J connectivity index is 1.92. The van der Waals surface area contributed by atoms with Crippen LogP contribution in [0.5, 0.6) is 5.75 Å². The zero-order valence-electron chi connectivity index (χ0n) is 13.8. The lowest BCUT2D eigenvalue weighted by molar-refractivity contribution is -0.136. The molecule has 0 unspecified atom stereocenters. The van der Waals surface area contributed by atoms with E-state index in [1.165, 1.54) is 18.9 Å². The first-order chi connectivity index (χ1) is 11.5. The molecule has 0 aromatic heterocycles. The molecule has 0 aliphatic heterocycles. The minimum Gasteiger partial charge on any atom is -0.497 e. The SMILES string of the molecule is COc1cccc(NC(=O)C(=O)N/N=C/c2ccc(C)c(C)c2)c1. The molecule has 6 heteroatoms. The molecule has 0 saturated heterocycles. The predicted octanol–water partition coefficient (Wildman–Crippen LogP) is 2.40. The van der Waals surface area contributed by atoms with Gasteiger partial charge in [-0.1, -0.05) is 24.3 Å². The third kappa shape index (κ3) is 4.67. The Hall–Kier alpha value is -3.15. The number of carbonyl (C=O) groups is 2. The molecule has 0 aliphatic rings. The highest BCUT2D eigenvalue weighted by molar-refractivity contribution is 6.39. The maximum absolute atomic E-state index is 11.8. The summed E-state index contributed by atoms with van der Waals surface area (Å²) in [6.07, 6.45) is 1.49. The first-order valence-corrected chi connectivity index (χ1v) is 7.35. The number of methoxy groups -OCH3 is 1. The van der Waals surface area contributed by atoms with Gasteiger partial charge in [0.25, 0.3) is 0 Å². The van der Waals surface area contributed by atoms with Gasteiger partial charge in [-0.05, 0) is 42.7 Å². The van der Waals surface area contributed by atoms with E-state index < -0.39 is 11.8 Å². The molecule has 0 atom stereocenters. The quantitative estimate of drug-likeness (QED) is 0.515. The molecule has 2 rings (SSSR count). The molecule has 0 spiro atoms. The number of benzene rings is 2. The van der Waals surface area contributed by atoms with Crippen LogP contribution in [0, 0.1) is 13.8 Å². The van der Waals surface area contributed by atoms with Gasteiger partial charge in [0.2, 0.25) is 0 Å². The zero-order valence-corrected chi connectivity index (χ0v) is 13.8. The van der Waals surface area contributed by atoms with Gasteiger partial charge < -0.3 is 10.1 Å². The van der Waals surface area contributed by atoms with Crippen LogP contribution >= 0.6 is 0 Å². The second-order valence-electron chi connectivity index (χ2n) is 5.23. The first-order valence-electron chi connectivity index (χ1n) is 7.35. The highest BCUT2D eigenvalue weighted by Crippen LogP contribution is 2.16. The smallest absolute Gasteiger partial charge is 0.329 e. The summed E-state index contributed by atoms with van der Waals surface area (Å²) in [4.78, 5) is 23.6. The second-order valence-corrected chi connectivity index (χ2v) is 5.23. The van der Waals surface area contributed by atoms with E-state index in [4.69, 9.17) is 4.74 Å². The van der Waals surface area contributed by atoms with E-state index >= 15 is 0 Å². The second kappa shape index (κ2) is 7.92. The van der Waals surface area contributed by atoms with Gasteiger partial charge in [-0.25, -0.2) is 5.43 Å². The minimum absolute atomic E-state index is 0.465. The predicted molar refractivity (Wildman–Crippen MR) is 93.3 cm³/mol. The fraction of sp³-hybridized carbons (Fsp3) is 0.167. The van der Waals surface area contributed by atoms with Crippen molar-refractivity contribution >= 4 is 23.7 Å². The third-order valence-electron chi connectivity index (χ3n) is 3.44. The third-order valence-corrected chi connectivity index (χ3v) is 3.44. The normalized spacial score (nSPS) is 10.5. The summed E-state index contributed by atoms with van der Waals surface area (Å²) in [7, 11) is 1.52. The molecule has 0 bridgehead atoms. The van der Waals surface area contributed by atoms with E-state index in [1.807, 2.05) is 32.0 Å². The summed E-state index contributed by atoms with van der Waals surface area (Å²) in [5.74, 6) is -1.07. The molecule has 2 aromatic rings. The Bertz CT molecular complexity index is 785. The number of nitrogens with zero attached hydrogens (tertiary/aromatic N) is 1. The van der Waals surface area contributed by atoms with Crippen LogP contribution in [0.15, 0.2) is 47.6 Å². The standard InChI is InChI=1S/C18H19N3O3/c1-12-7-8-14(9-13(12)2)11-19-21-18(23)17(22)20-15-5-4-6-16(10-15)24-3/h4-11H,1-3H3,(H,20,22)(H,21,23)/b19-11+. The van der Waals surface area contributed by atoms with Crippen molar-refractivity contribution in [2.45, 2.75) is 13.8 Å². The van der Waals surface area contributed by atoms with E-state index in [1.54, 1.807) is 24.3 Å². The summed E-state index contributed by atoms with van der Waals surface area (Å²) in [5, 5.41) is 6.28. The number of carbonyl (C=O) groups excluding carboxylic acids is 2. The summed E-state index contributed by atoms with van der Waals surface area (Å²) in [6.45, 7) is 4.01. The number of hydrogen-bond donors (Lipinski definition) is 2. The summed E-state index contributed by atoms with van der Waals surface area (Å²) >= 11 is 0. The number of hydrogen-bond acceptors (Lipinski definition) is 4. The Morgan fingerprint density at radius 1 is 1.04 bits per heavy atom. The lowest BCUT2D eigenvalue weighted by Gasteiger charge is -2.06. The molecule has 0 radical (unpaired) electrons. The van der Waals surface area contributed by atoms with Crippen LogP contribution < -0.4 is 15.5 Å². The molecule has 0 fully saturated rings. The number of aryl methyl sites for hydroxylation is 2. The summed E-state index contributed by atoms with van der Waals surface area (Å²) in [5.41, 5.74) is 5.81. The molecule has 6 nitrogen and oxygen atoms in total. The van der Waals surface area contributed by atoms with Crippen LogP contribution in [-0.4, -0.2) is 25.1 Å². The fourth-order valence-corrected chi connectivity index (χ4v) is 1.95. The van der Waals surface area contributed by atoms with Crippen LogP contribution in [0.3, 0.4) is 0 Å². The largest absolute Gasteiger partial charge is 0.497 e. The van der Waals surface area contributed by atoms with Gasteiger partial charge in [-0.2, -0.15) is 5.10 Å². The number of ether oxygens (including phenoxy) is 1. The minimum atomic E-state index is -0.849.